The highest BCUT2D eigenvalue weighted by Crippen LogP contribution is 2.11. The van der Waals surface area contributed by atoms with Crippen LogP contribution in [0.5, 0.6) is 0 Å². The minimum absolute atomic E-state index is 0.184. The number of benzene rings is 2. The van der Waals surface area contributed by atoms with Gasteiger partial charge in [0, 0.05) is 25.5 Å². The van der Waals surface area contributed by atoms with Crippen molar-refractivity contribution in [1.29, 1.82) is 0 Å². The topological polar surface area (TPSA) is 56.7 Å². The quantitative estimate of drug-likeness (QED) is 0.634. The molecule has 0 spiro atoms. The lowest BCUT2D eigenvalue weighted by Crippen LogP contribution is -2.34. The molecule has 0 aliphatic carbocycles. The molecule has 1 atom stereocenters. The minimum atomic E-state index is -0.374. The normalized spacial score (nSPS) is 12.0. The second-order valence-corrected chi connectivity index (χ2v) is 5.95. The first-order chi connectivity index (χ1) is 11.5. The predicted molar refractivity (Wildman–Crippen MR) is 101 cm³/mol. The van der Waals surface area contributed by atoms with Gasteiger partial charge in [-0.2, -0.15) is 5.10 Å². The van der Waals surface area contributed by atoms with E-state index in [1.165, 1.54) is 5.56 Å². The Hall–Kier alpha value is -2.82. The molecule has 0 heterocycles. The number of hydrazone groups is 1. The molecule has 5 heteroatoms. The summed E-state index contributed by atoms with van der Waals surface area (Å²) in [5, 5.41) is 7.16. The largest absolute Gasteiger partial charge is 0.378 e. The SMILES string of the molecule is Cc1ccc(NC(C)C(=O)N/N=C\c2ccc(N(C)C)cc2)cc1. The second kappa shape index (κ2) is 8.15. The number of aryl methyl sites for hydroxylation is 1. The van der Waals surface area contributed by atoms with E-state index in [0.717, 1.165) is 16.9 Å². The summed E-state index contributed by atoms with van der Waals surface area (Å²) in [6.45, 7) is 3.83. The van der Waals surface area contributed by atoms with Gasteiger partial charge in [-0.15, -0.1) is 0 Å². The first kappa shape index (κ1) is 17.5. The monoisotopic (exact) mass is 324 g/mol. The Labute approximate surface area is 143 Å². The van der Waals surface area contributed by atoms with Crippen LogP contribution in [0.25, 0.3) is 0 Å². The van der Waals surface area contributed by atoms with Gasteiger partial charge in [0.15, 0.2) is 0 Å². The molecule has 0 bridgehead atoms. The average molecular weight is 324 g/mol. The lowest BCUT2D eigenvalue weighted by molar-refractivity contribution is -0.121. The molecule has 0 saturated carbocycles. The molecule has 2 aromatic rings. The van der Waals surface area contributed by atoms with Crippen molar-refractivity contribution in [3.63, 3.8) is 0 Å². The first-order valence-corrected chi connectivity index (χ1v) is 7.89. The summed E-state index contributed by atoms with van der Waals surface area (Å²) in [4.78, 5) is 14.1. The van der Waals surface area contributed by atoms with E-state index >= 15 is 0 Å². The van der Waals surface area contributed by atoms with Crippen LogP contribution in [-0.2, 0) is 4.79 Å². The number of anilines is 2. The summed E-state index contributed by atoms with van der Waals surface area (Å²) in [5.74, 6) is -0.184. The Balaban J connectivity index is 1.86. The molecule has 0 radical (unpaired) electrons. The molecule has 2 N–H and O–H groups in total. The van der Waals surface area contributed by atoms with Crippen molar-refractivity contribution in [3.05, 3.63) is 59.7 Å². The summed E-state index contributed by atoms with van der Waals surface area (Å²) in [7, 11) is 3.98. The van der Waals surface area contributed by atoms with Crippen molar-refractivity contribution in [3.8, 4) is 0 Å². The number of nitrogens with one attached hydrogen (secondary N) is 2. The Morgan fingerprint density at radius 3 is 2.29 bits per heavy atom. The molecule has 2 rings (SSSR count). The van der Waals surface area contributed by atoms with Crippen LogP contribution < -0.4 is 15.6 Å². The van der Waals surface area contributed by atoms with E-state index in [1.54, 1.807) is 13.1 Å². The summed E-state index contributed by atoms with van der Waals surface area (Å²) in [6.07, 6.45) is 1.63. The third-order valence-electron chi connectivity index (χ3n) is 3.63. The van der Waals surface area contributed by atoms with Crippen molar-refractivity contribution < 1.29 is 4.79 Å². The zero-order valence-corrected chi connectivity index (χ0v) is 14.6. The van der Waals surface area contributed by atoms with E-state index in [2.05, 4.69) is 15.8 Å². The third-order valence-corrected chi connectivity index (χ3v) is 3.63. The molecule has 5 nitrogen and oxygen atoms in total. The van der Waals surface area contributed by atoms with Gasteiger partial charge in [-0.1, -0.05) is 29.8 Å². The third kappa shape index (κ3) is 5.12. The standard InChI is InChI=1S/C19H24N4O/c1-14-5-9-17(10-6-14)21-15(2)19(24)22-20-13-16-7-11-18(12-8-16)23(3)4/h5-13,15,21H,1-4H3,(H,22,24)/b20-13-. The number of hydrogen-bond acceptors (Lipinski definition) is 4. The van der Waals surface area contributed by atoms with Crippen molar-refractivity contribution in [2.75, 3.05) is 24.3 Å². The molecule has 24 heavy (non-hydrogen) atoms. The first-order valence-electron chi connectivity index (χ1n) is 7.89. The van der Waals surface area contributed by atoms with Crippen LogP contribution in [0, 0.1) is 6.92 Å². The van der Waals surface area contributed by atoms with Crippen LogP contribution in [0.15, 0.2) is 53.6 Å². The number of nitrogens with zero attached hydrogens (tertiary/aromatic N) is 2. The maximum atomic E-state index is 12.1. The Kier molecular flexibility index (Phi) is 5.95. The highest BCUT2D eigenvalue weighted by atomic mass is 16.2. The van der Waals surface area contributed by atoms with Gasteiger partial charge in [0.25, 0.3) is 5.91 Å². The number of carbonyl (C=O) groups is 1. The molecule has 0 saturated heterocycles. The van der Waals surface area contributed by atoms with Crippen molar-refractivity contribution in [1.82, 2.24) is 5.43 Å². The van der Waals surface area contributed by atoms with Gasteiger partial charge in [-0.25, -0.2) is 5.43 Å². The van der Waals surface area contributed by atoms with Gasteiger partial charge in [-0.05, 0) is 43.7 Å². The van der Waals surface area contributed by atoms with Gasteiger partial charge in [0.1, 0.15) is 6.04 Å². The van der Waals surface area contributed by atoms with Crippen molar-refractivity contribution >= 4 is 23.5 Å². The summed E-state index contributed by atoms with van der Waals surface area (Å²) in [6, 6.07) is 15.5. The highest BCUT2D eigenvalue weighted by molar-refractivity contribution is 5.86. The predicted octanol–water partition coefficient (Wildman–Crippen LogP) is 3.01. The van der Waals surface area contributed by atoms with E-state index in [1.807, 2.05) is 74.4 Å². The van der Waals surface area contributed by atoms with Crippen LogP contribution in [-0.4, -0.2) is 32.3 Å². The molecule has 1 unspecified atom stereocenters. The van der Waals surface area contributed by atoms with Crippen LogP contribution >= 0.6 is 0 Å². The molecule has 0 aliphatic rings. The van der Waals surface area contributed by atoms with Crippen LogP contribution in [0.2, 0.25) is 0 Å². The summed E-state index contributed by atoms with van der Waals surface area (Å²) in [5.41, 5.74) is 6.70. The van der Waals surface area contributed by atoms with Crippen LogP contribution in [0.3, 0.4) is 0 Å². The van der Waals surface area contributed by atoms with Gasteiger partial charge in [0.05, 0.1) is 6.21 Å². The molecule has 1 amide bonds. The number of amides is 1. The smallest absolute Gasteiger partial charge is 0.262 e. The van der Waals surface area contributed by atoms with E-state index in [0.29, 0.717) is 0 Å². The zero-order chi connectivity index (χ0) is 17.5. The lowest BCUT2D eigenvalue weighted by atomic mass is 10.2. The number of hydrogen-bond donors (Lipinski definition) is 2. The Morgan fingerprint density at radius 1 is 1.08 bits per heavy atom. The highest BCUT2D eigenvalue weighted by Gasteiger charge is 2.11. The van der Waals surface area contributed by atoms with Gasteiger partial charge >= 0.3 is 0 Å². The molecular weight excluding hydrogens is 300 g/mol. The van der Waals surface area contributed by atoms with E-state index < -0.39 is 0 Å². The van der Waals surface area contributed by atoms with Gasteiger partial charge < -0.3 is 10.2 Å². The second-order valence-electron chi connectivity index (χ2n) is 5.95. The molecular formula is C19H24N4O. The van der Waals surface area contributed by atoms with Crippen LogP contribution in [0.1, 0.15) is 18.1 Å². The zero-order valence-electron chi connectivity index (χ0n) is 14.6. The van der Waals surface area contributed by atoms with E-state index in [9.17, 15) is 4.79 Å². The fourth-order valence-electron chi connectivity index (χ4n) is 2.09. The Morgan fingerprint density at radius 2 is 1.71 bits per heavy atom. The number of carbonyl (C=O) groups excluding carboxylic acids is 1. The minimum Gasteiger partial charge on any atom is -0.378 e. The van der Waals surface area contributed by atoms with Crippen molar-refractivity contribution in [2.45, 2.75) is 19.9 Å². The Bertz CT molecular complexity index is 690. The van der Waals surface area contributed by atoms with Crippen molar-refractivity contribution in [2.24, 2.45) is 5.10 Å². The molecule has 0 aromatic heterocycles. The summed E-state index contributed by atoms with van der Waals surface area (Å²) >= 11 is 0. The van der Waals surface area contributed by atoms with E-state index in [-0.39, 0.29) is 11.9 Å². The number of rotatable bonds is 6. The lowest BCUT2D eigenvalue weighted by Gasteiger charge is -2.13. The molecule has 0 aliphatic heterocycles. The van der Waals surface area contributed by atoms with Crippen LogP contribution in [0.4, 0.5) is 11.4 Å². The fourth-order valence-corrected chi connectivity index (χ4v) is 2.09. The molecule has 0 fully saturated rings. The summed E-state index contributed by atoms with van der Waals surface area (Å²) < 4.78 is 0. The maximum absolute atomic E-state index is 12.1. The average Bonchev–Trinajstić information content (AvgIpc) is 2.57. The van der Waals surface area contributed by atoms with Gasteiger partial charge in [-0.3, -0.25) is 4.79 Å². The molecule has 2 aromatic carbocycles. The molecule has 126 valence electrons. The maximum Gasteiger partial charge on any atom is 0.262 e. The fraction of sp³-hybridized carbons (Fsp3) is 0.263. The van der Waals surface area contributed by atoms with Gasteiger partial charge in [0.2, 0.25) is 0 Å². The van der Waals surface area contributed by atoms with E-state index in [4.69, 9.17) is 0 Å².